The van der Waals surface area contributed by atoms with Gasteiger partial charge in [-0.1, -0.05) is 12.1 Å². The molecule has 0 atom stereocenters. The Bertz CT molecular complexity index is 434. The van der Waals surface area contributed by atoms with Gasteiger partial charge in [-0.25, -0.2) is 0 Å². The lowest BCUT2D eigenvalue weighted by atomic mass is 10.2. The maximum absolute atomic E-state index is 12.1. The highest BCUT2D eigenvalue weighted by Crippen LogP contribution is 2.18. The third-order valence-corrected chi connectivity index (χ3v) is 3.12. The minimum Gasteiger partial charge on any atom is -0.353 e. The molecule has 1 aliphatic heterocycles. The molecule has 0 unspecified atom stereocenters. The van der Waals surface area contributed by atoms with Crippen molar-refractivity contribution in [2.75, 3.05) is 19.6 Å². The van der Waals surface area contributed by atoms with Crippen LogP contribution in [0.2, 0.25) is 0 Å². The molecule has 1 N–H and O–H groups in total. The van der Waals surface area contributed by atoms with Crippen LogP contribution in [0.4, 0.5) is 0 Å². The standard InChI is InChI=1S/C11H11BrN2O2/c12-9-4-2-1-3-8(9)11(16)14-6-5-13-10(15)7-14/h1-4H,5-7H2,(H,13,15). The molecule has 2 rings (SSSR count). The average molecular weight is 283 g/mol. The minimum atomic E-state index is -0.109. The monoisotopic (exact) mass is 282 g/mol. The molecular weight excluding hydrogens is 272 g/mol. The number of halogens is 1. The Balaban J connectivity index is 2.19. The molecule has 0 saturated carbocycles. The Morgan fingerprint density at radius 3 is 2.81 bits per heavy atom. The normalized spacial score (nSPS) is 15.8. The quantitative estimate of drug-likeness (QED) is 0.836. The number of hydrogen-bond donors (Lipinski definition) is 1. The van der Waals surface area contributed by atoms with Crippen LogP contribution in [0.3, 0.4) is 0 Å². The summed E-state index contributed by atoms with van der Waals surface area (Å²) < 4.78 is 0.756. The van der Waals surface area contributed by atoms with E-state index in [4.69, 9.17) is 0 Å². The topological polar surface area (TPSA) is 49.4 Å². The zero-order valence-electron chi connectivity index (χ0n) is 8.57. The molecule has 1 heterocycles. The van der Waals surface area contributed by atoms with E-state index in [-0.39, 0.29) is 18.4 Å². The maximum atomic E-state index is 12.1. The van der Waals surface area contributed by atoms with Crippen molar-refractivity contribution >= 4 is 27.7 Å². The van der Waals surface area contributed by atoms with Gasteiger partial charge in [0.2, 0.25) is 5.91 Å². The van der Waals surface area contributed by atoms with Crippen molar-refractivity contribution in [3.8, 4) is 0 Å². The van der Waals surface area contributed by atoms with Crippen molar-refractivity contribution in [3.05, 3.63) is 34.3 Å². The molecule has 84 valence electrons. The van der Waals surface area contributed by atoms with Gasteiger partial charge in [0, 0.05) is 17.6 Å². The molecule has 0 aromatic heterocycles. The van der Waals surface area contributed by atoms with Gasteiger partial charge in [-0.05, 0) is 28.1 Å². The molecule has 0 radical (unpaired) electrons. The summed E-state index contributed by atoms with van der Waals surface area (Å²) in [6.45, 7) is 1.22. The van der Waals surface area contributed by atoms with E-state index >= 15 is 0 Å². The van der Waals surface area contributed by atoms with Gasteiger partial charge >= 0.3 is 0 Å². The summed E-state index contributed by atoms with van der Waals surface area (Å²) in [6.07, 6.45) is 0. The van der Waals surface area contributed by atoms with E-state index in [9.17, 15) is 9.59 Å². The summed E-state index contributed by atoms with van der Waals surface area (Å²) in [6, 6.07) is 7.22. The number of carbonyl (C=O) groups excluding carboxylic acids is 2. The van der Waals surface area contributed by atoms with Crippen LogP contribution in [0.5, 0.6) is 0 Å². The summed E-state index contributed by atoms with van der Waals surface area (Å²) in [5.74, 6) is -0.214. The van der Waals surface area contributed by atoms with Crippen molar-refractivity contribution < 1.29 is 9.59 Å². The molecule has 0 spiro atoms. The largest absolute Gasteiger partial charge is 0.353 e. The van der Waals surface area contributed by atoms with Crippen LogP contribution >= 0.6 is 15.9 Å². The smallest absolute Gasteiger partial charge is 0.255 e. The fourth-order valence-corrected chi connectivity index (χ4v) is 2.07. The first-order valence-electron chi connectivity index (χ1n) is 4.99. The third kappa shape index (κ3) is 2.24. The van der Waals surface area contributed by atoms with E-state index in [0.29, 0.717) is 18.7 Å². The predicted molar refractivity (Wildman–Crippen MR) is 63.1 cm³/mol. The molecule has 1 fully saturated rings. The summed E-state index contributed by atoms with van der Waals surface area (Å²) in [5, 5.41) is 2.69. The highest BCUT2D eigenvalue weighted by atomic mass is 79.9. The lowest BCUT2D eigenvalue weighted by molar-refractivity contribution is -0.123. The second-order valence-electron chi connectivity index (χ2n) is 3.56. The number of benzene rings is 1. The van der Waals surface area contributed by atoms with Crippen LogP contribution in [0.15, 0.2) is 28.7 Å². The lowest BCUT2D eigenvalue weighted by Gasteiger charge is -2.26. The second kappa shape index (κ2) is 4.65. The van der Waals surface area contributed by atoms with Crippen LogP contribution in [0.25, 0.3) is 0 Å². The van der Waals surface area contributed by atoms with Crippen molar-refractivity contribution in [1.29, 1.82) is 0 Å². The van der Waals surface area contributed by atoms with E-state index in [1.165, 1.54) is 0 Å². The molecular formula is C11H11BrN2O2. The van der Waals surface area contributed by atoms with Crippen LogP contribution < -0.4 is 5.32 Å². The second-order valence-corrected chi connectivity index (χ2v) is 4.41. The van der Waals surface area contributed by atoms with Gasteiger partial charge in [0.15, 0.2) is 0 Å². The molecule has 5 heteroatoms. The number of amides is 2. The van der Waals surface area contributed by atoms with E-state index in [2.05, 4.69) is 21.2 Å². The molecule has 0 bridgehead atoms. The molecule has 1 aromatic carbocycles. The Labute approximate surface area is 102 Å². The fraction of sp³-hybridized carbons (Fsp3) is 0.273. The SMILES string of the molecule is O=C1CN(C(=O)c2ccccc2Br)CCN1. The van der Waals surface area contributed by atoms with Crippen LogP contribution in [-0.2, 0) is 4.79 Å². The van der Waals surface area contributed by atoms with E-state index < -0.39 is 0 Å². The lowest BCUT2D eigenvalue weighted by Crippen LogP contribution is -2.50. The Kier molecular flexibility index (Phi) is 3.24. The first-order valence-corrected chi connectivity index (χ1v) is 5.78. The minimum absolute atomic E-state index is 0.105. The first kappa shape index (κ1) is 11.1. The summed E-state index contributed by atoms with van der Waals surface area (Å²) in [7, 11) is 0. The van der Waals surface area contributed by atoms with E-state index in [1.807, 2.05) is 18.2 Å². The highest BCUT2D eigenvalue weighted by Gasteiger charge is 2.23. The van der Waals surface area contributed by atoms with Crippen molar-refractivity contribution in [1.82, 2.24) is 10.2 Å². The summed E-state index contributed by atoms with van der Waals surface area (Å²) >= 11 is 3.33. The maximum Gasteiger partial charge on any atom is 0.255 e. The van der Waals surface area contributed by atoms with Gasteiger partial charge in [0.1, 0.15) is 0 Å². The van der Waals surface area contributed by atoms with Gasteiger partial charge in [0.25, 0.3) is 5.91 Å². The van der Waals surface area contributed by atoms with Gasteiger partial charge in [-0.15, -0.1) is 0 Å². The zero-order chi connectivity index (χ0) is 11.5. The van der Waals surface area contributed by atoms with Gasteiger partial charge in [-0.2, -0.15) is 0 Å². The molecule has 4 nitrogen and oxygen atoms in total. The molecule has 1 aliphatic rings. The molecule has 0 aliphatic carbocycles. The van der Waals surface area contributed by atoms with Crippen LogP contribution in [0.1, 0.15) is 10.4 Å². The van der Waals surface area contributed by atoms with Crippen LogP contribution in [0, 0.1) is 0 Å². The molecule has 16 heavy (non-hydrogen) atoms. The van der Waals surface area contributed by atoms with Crippen molar-refractivity contribution in [2.45, 2.75) is 0 Å². The molecule has 1 saturated heterocycles. The third-order valence-electron chi connectivity index (χ3n) is 2.43. The summed E-state index contributed by atoms with van der Waals surface area (Å²) in [4.78, 5) is 24.8. The number of nitrogens with one attached hydrogen (secondary N) is 1. The average Bonchev–Trinajstić information content (AvgIpc) is 2.29. The number of piperazine rings is 1. The number of carbonyl (C=O) groups is 2. The predicted octanol–water partition coefficient (Wildman–Crippen LogP) is 1.02. The van der Waals surface area contributed by atoms with Crippen LogP contribution in [-0.4, -0.2) is 36.3 Å². The zero-order valence-corrected chi connectivity index (χ0v) is 10.2. The number of nitrogens with zero attached hydrogens (tertiary/aromatic N) is 1. The van der Waals surface area contributed by atoms with Gasteiger partial charge in [0.05, 0.1) is 12.1 Å². The van der Waals surface area contributed by atoms with Gasteiger partial charge < -0.3 is 10.2 Å². The van der Waals surface area contributed by atoms with Crippen molar-refractivity contribution in [2.24, 2.45) is 0 Å². The van der Waals surface area contributed by atoms with Gasteiger partial charge in [-0.3, -0.25) is 9.59 Å². The van der Waals surface area contributed by atoms with E-state index in [1.54, 1.807) is 11.0 Å². The highest BCUT2D eigenvalue weighted by molar-refractivity contribution is 9.10. The van der Waals surface area contributed by atoms with Crippen molar-refractivity contribution in [3.63, 3.8) is 0 Å². The number of hydrogen-bond acceptors (Lipinski definition) is 2. The number of rotatable bonds is 1. The Morgan fingerprint density at radius 2 is 2.12 bits per heavy atom. The Hall–Kier alpha value is -1.36. The first-order chi connectivity index (χ1) is 7.68. The van der Waals surface area contributed by atoms with E-state index in [0.717, 1.165) is 4.47 Å². The molecule has 2 amide bonds. The molecule has 1 aromatic rings. The summed E-state index contributed by atoms with van der Waals surface area (Å²) in [5.41, 5.74) is 0.595. The fourth-order valence-electron chi connectivity index (χ4n) is 1.62. The Morgan fingerprint density at radius 1 is 1.38 bits per heavy atom.